The minimum absolute atomic E-state index is 0.252. The van der Waals surface area contributed by atoms with Crippen LogP contribution in [0.5, 0.6) is 0 Å². The van der Waals surface area contributed by atoms with Crippen LogP contribution in [0.1, 0.15) is 13.3 Å². The Morgan fingerprint density at radius 3 is 2.75 bits per heavy atom. The first-order valence-corrected chi connectivity index (χ1v) is 4.15. The topological polar surface area (TPSA) is 17.1 Å². The molecule has 1 atom stereocenters. The van der Waals surface area contributed by atoms with Gasteiger partial charge in [0.1, 0.15) is 6.29 Å². The van der Waals surface area contributed by atoms with Crippen LogP contribution in [0.3, 0.4) is 0 Å². The third-order valence-corrected chi connectivity index (χ3v) is 1.65. The Hall–Kier alpha value is 0.0200. The second kappa shape index (κ2) is 5.16. The predicted octanol–water partition coefficient (Wildman–Crippen LogP) is 1.57. The molecule has 48 valence electrons. The Balaban J connectivity index is 2.98. The van der Waals surface area contributed by atoms with Gasteiger partial charge in [0.25, 0.3) is 0 Å². The van der Waals surface area contributed by atoms with E-state index < -0.39 is 0 Å². The highest BCUT2D eigenvalue weighted by Gasteiger charge is 1.95. The number of hydrogen-bond acceptors (Lipinski definition) is 2. The first kappa shape index (κ1) is 8.02. The molecule has 0 aliphatic heterocycles. The van der Waals surface area contributed by atoms with Crippen LogP contribution in [0.25, 0.3) is 0 Å². The van der Waals surface area contributed by atoms with E-state index in [1.165, 1.54) is 0 Å². The van der Waals surface area contributed by atoms with Crippen molar-refractivity contribution in [3.05, 3.63) is 0 Å². The molecule has 0 saturated heterocycles. The summed E-state index contributed by atoms with van der Waals surface area (Å²) in [6.45, 7) is 1.95. The number of thioether (sulfide) groups is 1. The number of carbonyl (C=O) groups is 1. The molecule has 0 saturated carbocycles. The highest BCUT2D eigenvalue weighted by atomic mass is 32.2. The zero-order valence-corrected chi connectivity index (χ0v) is 6.20. The molecule has 8 heavy (non-hydrogen) atoms. The van der Waals surface area contributed by atoms with Crippen molar-refractivity contribution in [2.24, 2.45) is 5.92 Å². The Labute approximate surface area is 54.8 Å². The lowest BCUT2D eigenvalue weighted by molar-refractivity contribution is -0.110. The summed E-state index contributed by atoms with van der Waals surface area (Å²) in [6, 6.07) is 0. The van der Waals surface area contributed by atoms with Gasteiger partial charge in [-0.05, 0) is 18.4 Å². The van der Waals surface area contributed by atoms with Crippen LogP contribution >= 0.6 is 11.8 Å². The Kier molecular flexibility index (Phi) is 5.18. The largest absolute Gasteiger partial charge is 0.303 e. The summed E-state index contributed by atoms with van der Waals surface area (Å²) in [4.78, 5) is 10.0. The highest BCUT2D eigenvalue weighted by Crippen LogP contribution is 2.02. The molecule has 0 radical (unpaired) electrons. The molecule has 0 spiro atoms. The van der Waals surface area contributed by atoms with Crippen LogP contribution in [-0.2, 0) is 4.79 Å². The van der Waals surface area contributed by atoms with E-state index in [1.54, 1.807) is 11.8 Å². The van der Waals surface area contributed by atoms with E-state index in [2.05, 4.69) is 6.26 Å². The Morgan fingerprint density at radius 1 is 1.75 bits per heavy atom. The van der Waals surface area contributed by atoms with Gasteiger partial charge in [-0.1, -0.05) is 6.92 Å². The van der Waals surface area contributed by atoms with Crippen molar-refractivity contribution in [2.45, 2.75) is 13.3 Å². The fourth-order valence-corrected chi connectivity index (χ4v) is 0.979. The van der Waals surface area contributed by atoms with Gasteiger partial charge in [-0.15, -0.1) is 0 Å². The predicted molar refractivity (Wildman–Crippen MR) is 38.2 cm³/mol. The van der Waals surface area contributed by atoms with Gasteiger partial charge in [0, 0.05) is 5.92 Å². The molecule has 0 fully saturated rings. The van der Waals surface area contributed by atoms with Crippen molar-refractivity contribution < 1.29 is 4.79 Å². The average molecular weight is 132 g/mol. The number of hydrogen-bond donors (Lipinski definition) is 0. The van der Waals surface area contributed by atoms with Crippen LogP contribution in [-0.4, -0.2) is 18.3 Å². The maximum absolute atomic E-state index is 10.0. The summed E-state index contributed by atoms with van der Waals surface area (Å²) in [5.41, 5.74) is 0. The van der Waals surface area contributed by atoms with Crippen LogP contribution in [0.15, 0.2) is 0 Å². The van der Waals surface area contributed by atoms with E-state index >= 15 is 0 Å². The minimum Gasteiger partial charge on any atom is -0.303 e. The van der Waals surface area contributed by atoms with Crippen molar-refractivity contribution in [3.63, 3.8) is 0 Å². The van der Waals surface area contributed by atoms with Gasteiger partial charge in [-0.3, -0.25) is 0 Å². The fourth-order valence-electron chi connectivity index (χ4n) is 0.372. The summed E-state index contributed by atoms with van der Waals surface area (Å²) in [5.74, 6) is 1.35. The van der Waals surface area contributed by atoms with Gasteiger partial charge in [0.2, 0.25) is 0 Å². The molecule has 0 amide bonds. The smallest absolute Gasteiger partial charge is 0.122 e. The summed E-state index contributed by atoms with van der Waals surface area (Å²) in [5, 5.41) is 0. The fraction of sp³-hybridized carbons (Fsp3) is 0.833. The quantitative estimate of drug-likeness (QED) is 0.540. The Morgan fingerprint density at radius 2 is 2.38 bits per heavy atom. The van der Waals surface area contributed by atoms with Gasteiger partial charge >= 0.3 is 0 Å². The number of rotatable bonds is 4. The van der Waals surface area contributed by atoms with Gasteiger partial charge in [-0.2, -0.15) is 11.8 Å². The number of aldehydes is 1. The van der Waals surface area contributed by atoms with Crippen molar-refractivity contribution in [1.29, 1.82) is 0 Å². The van der Waals surface area contributed by atoms with E-state index in [9.17, 15) is 4.79 Å². The molecule has 0 aliphatic carbocycles. The lowest BCUT2D eigenvalue weighted by atomic mass is 10.1. The van der Waals surface area contributed by atoms with Crippen molar-refractivity contribution in [1.82, 2.24) is 0 Å². The monoisotopic (exact) mass is 132 g/mol. The molecule has 1 unspecified atom stereocenters. The maximum Gasteiger partial charge on any atom is 0.122 e. The van der Waals surface area contributed by atoms with Crippen LogP contribution in [0.4, 0.5) is 0 Å². The standard InChI is InChI=1S/C6H12OS/c1-6(5-7)3-4-8-2/h5-6H,3-4H2,1-2H3. The first-order valence-electron chi connectivity index (χ1n) is 2.75. The SMILES string of the molecule is CSCCC(C)C=O. The van der Waals surface area contributed by atoms with Gasteiger partial charge in [0.05, 0.1) is 0 Å². The zero-order valence-electron chi connectivity index (χ0n) is 5.39. The normalized spacial score (nSPS) is 13.2. The molecule has 0 aromatic heterocycles. The molecule has 0 aromatic rings. The average Bonchev–Trinajstić information content (AvgIpc) is 1.83. The van der Waals surface area contributed by atoms with E-state index in [4.69, 9.17) is 0 Å². The van der Waals surface area contributed by atoms with Gasteiger partial charge in [-0.25, -0.2) is 0 Å². The summed E-state index contributed by atoms with van der Waals surface area (Å²) in [7, 11) is 0. The lowest BCUT2D eigenvalue weighted by Crippen LogP contribution is -1.95. The second-order valence-electron chi connectivity index (χ2n) is 1.89. The minimum atomic E-state index is 0.252. The first-order chi connectivity index (χ1) is 3.81. The molecule has 0 aliphatic rings. The summed E-state index contributed by atoms with van der Waals surface area (Å²) in [6.07, 6.45) is 4.08. The molecule has 2 heteroatoms. The van der Waals surface area contributed by atoms with Crippen LogP contribution < -0.4 is 0 Å². The highest BCUT2D eigenvalue weighted by molar-refractivity contribution is 7.98. The summed E-state index contributed by atoms with van der Waals surface area (Å²) >= 11 is 1.79. The Bertz CT molecular complexity index is 63.5. The van der Waals surface area contributed by atoms with Crippen LogP contribution in [0.2, 0.25) is 0 Å². The number of carbonyl (C=O) groups excluding carboxylic acids is 1. The zero-order chi connectivity index (χ0) is 6.41. The van der Waals surface area contributed by atoms with E-state index in [-0.39, 0.29) is 5.92 Å². The maximum atomic E-state index is 10.0. The van der Waals surface area contributed by atoms with Crippen molar-refractivity contribution >= 4 is 18.0 Å². The molecule has 0 aromatic carbocycles. The molecule has 0 bridgehead atoms. The molecule has 0 N–H and O–H groups in total. The summed E-state index contributed by atoms with van der Waals surface area (Å²) < 4.78 is 0. The van der Waals surface area contributed by atoms with Crippen molar-refractivity contribution in [3.8, 4) is 0 Å². The van der Waals surface area contributed by atoms with Crippen LogP contribution in [0, 0.1) is 5.92 Å². The third kappa shape index (κ3) is 4.19. The molecule has 1 nitrogen and oxygen atoms in total. The van der Waals surface area contributed by atoms with Gasteiger partial charge in [0.15, 0.2) is 0 Å². The third-order valence-electron chi connectivity index (χ3n) is 1.01. The van der Waals surface area contributed by atoms with Crippen molar-refractivity contribution in [2.75, 3.05) is 12.0 Å². The van der Waals surface area contributed by atoms with Gasteiger partial charge < -0.3 is 4.79 Å². The molecular formula is C6H12OS. The van der Waals surface area contributed by atoms with E-state index in [0.29, 0.717) is 0 Å². The molecular weight excluding hydrogens is 120 g/mol. The van der Waals surface area contributed by atoms with E-state index in [1.807, 2.05) is 6.92 Å². The lowest BCUT2D eigenvalue weighted by Gasteiger charge is -1.97. The molecule has 0 heterocycles. The van der Waals surface area contributed by atoms with E-state index in [0.717, 1.165) is 18.5 Å². The molecule has 0 rings (SSSR count). The second-order valence-corrected chi connectivity index (χ2v) is 2.88.